The van der Waals surface area contributed by atoms with Gasteiger partial charge in [-0.1, -0.05) is 50.7 Å². The standard InChI is InChI=1S/C19H27N3OS/c1-7-19(5,6)22-17(23)16(12(2)3)24-18-14-10-8-9-11-15(14)20-13(4)21-18/h8-12,16H,7H2,1-6H3,(H,22,23). The number of aryl methyl sites for hydroxylation is 1. The number of hydrogen-bond donors (Lipinski definition) is 1. The predicted octanol–water partition coefficient (Wildman–Crippen LogP) is 4.36. The summed E-state index contributed by atoms with van der Waals surface area (Å²) in [5, 5.41) is 4.86. The van der Waals surface area contributed by atoms with E-state index in [4.69, 9.17) is 0 Å². The van der Waals surface area contributed by atoms with Crippen LogP contribution in [0.2, 0.25) is 0 Å². The molecule has 24 heavy (non-hydrogen) atoms. The number of fused-ring (bicyclic) bond motifs is 1. The summed E-state index contributed by atoms with van der Waals surface area (Å²) in [7, 11) is 0. The highest BCUT2D eigenvalue weighted by Crippen LogP contribution is 2.32. The number of nitrogens with zero attached hydrogens (tertiary/aromatic N) is 2. The molecule has 0 fully saturated rings. The Morgan fingerprint density at radius 2 is 1.92 bits per heavy atom. The Morgan fingerprint density at radius 3 is 2.54 bits per heavy atom. The molecule has 0 aliphatic carbocycles. The van der Waals surface area contributed by atoms with Gasteiger partial charge in [-0.2, -0.15) is 0 Å². The molecular formula is C19H27N3OS. The molecule has 0 saturated heterocycles. The van der Waals surface area contributed by atoms with Crippen LogP contribution in [0, 0.1) is 12.8 Å². The van der Waals surface area contributed by atoms with E-state index >= 15 is 0 Å². The molecule has 0 radical (unpaired) electrons. The molecule has 0 aliphatic rings. The number of benzene rings is 1. The summed E-state index contributed by atoms with van der Waals surface area (Å²) >= 11 is 1.54. The van der Waals surface area contributed by atoms with Crippen molar-refractivity contribution in [1.29, 1.82) is 0 Å². The molecule has 4 nitrogen and oxygen atoms in total. The van der Waals surface area contributed by atoms with Crippen LogP contribution >= 0.6 is 11.8 Å². The zero-order chi connectivity index (χ0) is 17.9. The zero-order valence-corrected chi connectivity index (χ0v) is 16.2. The van der Waals surface area contributed by atoms with E-state index in [9.17, 15) is 4.79 Å². The summed E-state index contributed by atoms with van der Waals surface area (Å²) in [5.41, 5.74) is 0.721. The minimum atomic E-state index is -0.200. The van der Waals surface area contributed by atoms with Gasteiger partial charge in [0.25, 0.3) is 0 Å². The molecule has 1 heterocycles. The number of rotatable bonds is 6. The minimum Gasteiger partial charge on any atom is -0.350 e. The van der Waals surface area contributed by atoms with Crippen molar-refractivity contribution in [2.75, 3.05) is 0 Å². The molecule has 1 atom stereocenters. The molecule has 0 saturated carbocycles. The van der Waals surface area contributed by atoms with E-state index in [1.54, 1.807) is 0 Å². The van der Waals surface area contributed by atoms with Gasteiger partial charge in [-0.3, -0.25) is 4.79 Å². The molecule has 0 bridgehead atoms. The molecule has 1 aromatic carbocycles. The lowest BCUT2D eigenvalue weighted by atomic mass is 10.0. The molecule has 0 spiro atoms. The van der Waals surface area contributed by atoms with E-state index in [1.165, 1.54) is 11.8 Å². The molecule has 2 aromatic rings. The third kappa shape index (κ3) is 4.47. The van der Waals surface area contributed by atoms with E-state index in [0.29, 0.717) is 0 Å². The van der Waals surface area contributed by atoms with Crippen molar-refractivity contribution in [3.8, 4) is 0 Å². The van der Waals surface area contributed by atoms with Crippen LogP contribution in [0.4, 0.5) is 0 Å². The van der Waals surface area contributed by atoms with Gasteiger partial charge in [-0.25, -0.2) is 9.97 Å². The number of hydrogen-bond acceptors (Lipinski definition) is 4. The van der Waals surface area contributed by atoms with Gasteiger partial charge in [0.2, 0.25) is 5.91 Å². The number of thioether (sulfide) groups is 1. The van der Waals surface area contributed by atoms with Crippen LogP contribution in [0.3, 0.4) is 0 Å². The van der Waals surface area contributed by atoms with Gasteiger partial charge in [-0.05, 0) is 39.2 Å². The normalized spacial score (nSPS) is 13.3. The first kappa shape index (κ1) is 18.7. The second kappa shape index (κ2) is 7.51. The first-order valence-corrected chi connectivity index (χ1v) is 9.33. The van der Waals surface area contributed by atoms with Gasteiger partial charge in [-0.15, -0.1) is 0 Å². The third-order valence-electron chi connectivity index (χ3n) is 4.13. The van der Waals surface area contributed by atoms with Gasteiger partial charge in [0.15, 0.2) is 0 Å². The zero-order valence-electron chi connectivity index (χ0n) is 15.4. The number of carbonyl (C=O) groups is 1. The summed E-state index contributed by atoms with van der Waals surface area (Å²) < 4.78 is 0. The predicted molar refractivity (Wildman–Crippen MR) is 101 cm³/mol. The Morgan fingerprint density at radius 1 is 1.25 bits per heavy atom. The summed E-state index contributed by atoms with van der Waals surface area (Å²) in [6.07, 6.45) is 0.893. The van der Waals surface area contributed by atoms with Crippen molar-refractivity contribution in [2.24, 2.45) is 5.92 Å². The van der Waals surface area contributed by atoms with Gasteiger partial charge < -0.3 is 5.32 Å². The molecule has 1 unspecified atom stereocenters. The fourth-order valence-electron chi connectivity index (χ4n) is 2.35. The average Bonchev–Trinajstić information content (AvgIpc) is 2.51. The molecule has 0 aliphatic heterocycles. The molecule has 1 aromatic heterocycles. The van der Waals surface area contributed by atoms with Gasteiger partial charge in [0.05, 0.1) is 10.8 Å². The van der Waals surface area contributed by atoms with Gasteiger partial charge in [0.1, 0.15) is 10.9 Å². The number of para-hydroxylation sites is 1. The Hall–Kier alpha value is -1.62. The van der Waals surface area contributed by atoms with Crippen LogP contribution in [-0.2, 0) is 4.79 Å². The second-order valence-corrected chi connectivity index (χ2v) is 8.23. The van der Waals surface area contributed by atoms with Crippen LogP contribution in [0.15, 0.2) is 29.3 Å². The van der Waals surface area contributed by atoms with Crippen molar-refractivity contribution >= 4 is 28.6 Å². The van der Waals surface area contributed by atoms with E-state index < -0.39 is 0 Å². The van der Waals surface area contributed by atoms with Crippen molar-refractivity contribution in [1.82, 2.24) is 15.3 Å². The smallest absolute Gasteiger partial charge is 0.234 e. The summed E-state index contributed by atoms with van der Waals surface area (Å²) in [4.78, 5) is 21.9. The Balaban J connectivity index is 2.33. The van der Waals surface area contributed by atoms with Gasteiger partial charge >= 0.3 is 0 Å². The lowest BCUT2D eigenvalue weighted by Crippen LogP contribution is -2.47. The maximum Gasteiger partial charge on any atom is 0.234 e. The number of aromatic nitrogens is 2. The lowest BCUT2D eigenvalue weighted by molar-refractivity contribution is -0.122. The highest BCUT2D eigenvalue weighted by Gasteiger charge is 2.29. The second-order valence-electron chi connectivity index (χ2n) is 7.10. The largest absolute Gasteiger partial charge is 0.350 e. The summed E-state index contributed by atoms with van der Waals surface area (Å²) in [5.74, 6) is 1.01. The highest BCUT2D eigenvalue weighted by atomic mass is 32.2. The van der Waals surface area contributed by atoms with Crippen LogP contribution in [0.25, 0.3) is 10.9 Å². The average molecular weight is 346 g/mol. The highest BCUT2D eigenvalue weighted by molar-refractivity contribution is 8.00. The molecule has 1 N–H and O–H groups in total. The van der Waals surface area contributed by atoms with Crippen LogP contribution in [0.5, 0.6) is 0 Å². The quantitative estimate of drug-likeness (QED) is 0.624. The van der Waals surface area contributed by atoms with E-state index in [2.05, 4.69) is 49.9 Å². The lowest BCUT2D eigenvalue weighted by Gasteiger charge is -2.28. The van der Waals surface area contributed by atoms with Gasteiger partial charge in [0, 0.05) is 10.9 Å². The summed E-state index contributed by atoms with van der Waals surface area (Å²) in [6, 6.07) is 7.95. The molecule has 130 valence electrons. The van der Waals surface area contributed by atoms with E-state index in [0.717, 1.165) is 28.2 Å². The van der Waals surface area contributed by atoms with Crippen LogP contribution in [-0.4, -0.2) is 26.7 Å². The fraction of sp³-hybridized carbons (Fsp3) is 0.526. The monoisotopic (exact) mass is 345 g/mol. The fourth-order valence-corrected chi connectivity index (χ4v) is 3.52. The van der Waals surface area contributed by atoms with Crippen molar-refractivity contribution in [3.63, 3.8) is 0 Å². The first-order chi connectivity index (χ1) is 11.2. The molecule has 2 rings (SSSR count). The Kier molecular flexibility index (Phi) is 5.86. The van der Waals surface area contributed by atoms with Crippen molar-refractivity contribution in [3.05, 3.63) is 30.1 Å². The molecule has 5 heteroatoms. The van der Waals surface area contributed by atoms with E-state index in [1.807, 2.05) is 31.2 Å². The number of nitrogens with one attached hydrogen (secondary N) is 1. The Bertz CT molecular complexity index is 728. The van der Waals surface area contributed by atoms with E-state index in [-0.39, 0.29) is 22.6 Å². The topological polar surface area (TPSA) is 54.9 Å². The minimum absolute atomic E-state index is 0.0715. The van der Waals surface area contributed by atoms with Crippen LogP contribution in [0.1, 0.15) is 46.9 Å². The maximum atomic E-state index is 12.8. The summed E-state index contributed by atoms with van der Waals surface area (Å²) in [6.45, 7) is 12.2. The van der Waals surface area contributed by atoms with Crippen molar-refractivity contribution < 1.29 is 4.79 Å². The van der Waals surface area contributed by atoms with Crippen LogP contribution < -0.4 is 5.32 Å². The van der Waals surface area contributed by atoms with Crippen molar-refractivity contribution in [2.45, 2.75) is 63.8 Å². The molecular weight excluding hydrogens is 318 g/mol. The molecule has 1 amide bonds. The number of amides is 1. The Labute approximate surface area is 148 Å². The maximum absolute atomic E-state index is 12.8. The third-order valence-corrected chi connectivity index (χ3v) is 5.67. The number of carbonyl (C=O) groups excluding carboxylic acids is 1. The SMILES string of the molecule is CCC(C)(C)NC(=O)C(Sc1nc(C)nc2ccccc12)C(C)C. The first-order valence-electron chi connectivity index (χ1n) is 8.45.